The molecule has 0 unspecified atom stereocenters. The van der Waals surface area contributed by atoms with E-state index in [-0.39, 0.29) is 47.6 Å². The molecule has 5 amide bonds. The molecule has 2 saturated heterocycles. The molecule has 0 spiro atoms. The number of nitrogens with one attached hydrogen (secondary N) is 5. The van der Waals surface area contributed by atoms with Gasteiger partial charge in [0.05, 0.1) is 5.56 Å². The Morgan fingerprint density at radius 3 is 1.49 bits per heavy atom. The highest BCUT2D eigenvalue weighted by atomic mass is 16.6. The van der Waals surface area contributed by atoms with Crippen LogP contribution in [-0.2, 0) is 32.2 Å². The van der Waals surface area contributed by atoms with Crippen molar-refractivity contribution in [1.82, 2.24) is 20.9 Å². The summed E-state index contributed by atoms with van der Waals surface area (Å²) >= 11 is 0. The van der Waals surface area contributed by atoms with Crippen molar-refractivity contribution in [2.75, 3.05) is 36.8 Å². The van der Waals surface area contributed by atoms with Gasteiger partial charge in [-0.3, -0.25) is 14.9 Å². The molecular formula is C51H66N6O10. The van der Waals surface area contributed by atoms with Gasteiger partial charge in [0, 0.05) is 48.5 Å². The van der Waals surface area contributed by atoms with Crippen LogP contribution in [0.1, 0.15) is 105 Å². The summed E-state index contributed by atoms with van der Waals surface area (Å²) in [7, 11) is 0. The Morgan fingerprint density at radius 1 is 0.597 bits per heavy atom. The van der Waals surface area contributed by atoms with Gasteiger partial charge >= 0.3 is 24.2 Å². The number of nitrogens with zero attached hydrogens (tertiary/aromatic N) is 1. The number of anilines is 2. The standard InChI is InChI=1S/C25H31N3O5.C13H18N2O2.C13H17NO3/c1-25(2,3)33-24(31)27-20-11-9-19(10-12-20)22(29)28-15-13-21(14-16-28)26-23(30)32-17-18-7-5-4-6-8-18;16-13(15-12-6-8-14-9-7-12)17-10-11-4-2-1-3-5-11;1-13(2,3)8-11(15)14-10-6-4-9(5-7-10)12(16)17/h4-12,21H,13-17H2,1-3H3,(H,26,30)(H,27,31);1-5,12,14H,6-10H2,(H,15,16);4-7H,8H2,1-3H3,(H,14,15)(H,16,17). The third kappa shape index (κ3) is 21.3. The summed E-state index contributed by atoms with van der Waals surface area (Å²) in [6.07, 6.45) is 2.37. The molecule has 67 heavy (non-hydrogen) atoms. The summed E-state index contributed by atoms with van der Waals surface area (Å²) in [6.45, 7) is 14.9. The van der Waals surface area contributed by atoms with Crippen LogP contribution in [0.2, 0.25) is 0 Å². The number of carbonyl (C=O) groups excluding carboxylic acids is 5. The molecule has 4 aromatic rings. The van der Waals surface area contributed by atoms with Gasteiger partial charge in [0.1, 0.15) is 18.8 Å². The molecule has 2 heterocycles. The van der Waals surface area contributed by atoms with E-state index in [2.05, 4.69) is 26.6 Å². The van der Waals surface area contributed by atoms with Crippen LogP contribution in [0.25, 0.3) is 0 Å². The van der Waals surface area contributed by atoms with E-state index in [1.165, 1.54) is 12.1 Å². The van der Waals surface area contributed by atoms with Crippen molar-refractivity contribution in [2.45, 2.75) is 105 Å². The van der Waals surface area contributed by atoms with Crippen LogP contribution in [-0.4, -0.2) is 89.9 Å². The number of hydrogen-bond donors (Lipinski definition) is 6. The fourth-order valence-electron chi connectivity index (χ4n) is 6.74. The van der Waals surface area contributed by atoms with Gasteiger partial charge in [-0.1, -0.05) is 81.4 Å². The highest BCUT2D eigenvalue weighted by Gasteiger charge is 2.25. The summed E-state index contributed by atoms with van der Waals surface area (Å²) < 4.78 is 15.7. The van der Waals surface area contributed by atoms with E-state index >= 15 is 0 Å². The third-order valence-corrected chi connectivity index (χ3v) is 10.1. The minimum Gasteiger partial charge on any atom is -0.478 e. The molecule has 4 aromatic carbocycles. The summed E-state index contributed by atoms with van der Waals surface area (Å²) in [5.74, 6) is -1.12. The molecule has 6 N–H and O–H groups in total. The summed E-state index contributed by atoms with van der Waals surface area (Å²) in [5.41, 5.74) is 3.21. The van der Waals surface area contributed by atoms with E-state index in [1.54, 1.807) is 62.1 Å². The van der Waals surface area contributed by atoms with Gasteiger partial charge in [0.25, 0.3) is 5.91 Å². The molecule has 16 nitrogen and oxygen atoms in total. The first-order valence-electron chi connectivity index (χ1n) is 22.5. The van der Waals surface area contributed by atoms with E-state index < -0.39 is 23.8 Å². The Balaban J connectivity index is 0.000000242. The molecule has 2 fully saturated rings. The Labute approximate surface area is 393 Å². The number of ether oxygens (including phenoxy) is 3. The van der Waals surface area contributed by atoms with Crippen molar-refractivity contribution in [2.24, 2.45) is 5.41 Å². The predicted molar refractivity (Wildman–Crippen MR) is 257 cm³/mol. The Kier molecular flexibility index (Phi) is 20.7. The maximum Gasteiger partial charge on any atom is 0.412 e. The van der Waals surface area contributed by atoms with Gasteiger partial charge in [0.15, 0.2) is 0 Å². The maximum atomic E-state index is 12.8. The largest absolute Gasteiger partial charge is 0.478 e. The molecule has 0 bridgehead atoms. The lowest BCUT2D eigenvalue weighted by Gasteiger charge is -2.32. The predicted octanol–water partition coefficient (Wildman–Crippen LogP) is 8.99. The number of carbonyl (C=O) groups is 6. The number of hydrogen-bond acceptors (Lipinski definition) is 10. The average molecular weight is 923 g/mol. The molecule has 2 aliphatic rings. The molecule has 360 valence electrons. The zero-order valence-electron chi connectivity index (χ0n) is 39.4. The van der Waals surface area contributed by atoms with Crippen LogP contribution >= 0.6 is 0 Å². The van der Waals surface area contributed by atoms with Crippen molar-refractivity contribution >= 4 is 47.4 Å². The van der Waals surface area contributed by atoms with Crippen LogP contribution in [0.15, 0.2) is 109 Å². The van der Waals surface area contributed by atoms with Gasteiger partial charge in [0.2, 0.25) is 5.91 Å². The average Bonchev–Trinajstić information content (AvgIpc) is 3.28. The molecule has 0 atom stereocenters. The van der Waals surface area contributed by atoms with E-state index in [0.717, 1.165) is 37.1 Å². The van der Waals surface area contributed by atoms with Crippen molar-refractivity contribution < 1.29 is 48.1 Å². The summed E-state index contributed by atoms with van der Waals surface area (Å²) in [4.78, 5) is 72.3. The molecule has 6 rings (SSSR count). The minimum absolute atomic E-state index is 0.0299. The highest BCUT2D eigenvalue weighted by molar-refractivity contribution is 5.95. The van der Waals surface area contributed by atoms with E-state index in [9.17, 15) is 28.8 Å². The van der Waals surface area contributed by atoms with Crippen molar-refractivity contribution in [1.29, 1.82) is 0 Å². The zero-order chi connectivity index (χ0) is 48.8. The number of piperidine rings is 2. The Bertz CT molecular complexity index is 2180. The second-order valence-corrected chi connectivity index (χ2v) is 18.4. The monoisotopic (exact) mass is 922 g/mol. The molecule has 0 saturated carbocycles. The topological polar surface area (TPSA) is 214 Å². The van der Waals surface area contributed by atoms with Crippen LogP contribution in [0.3, 0.4) is 0 Å². The molecular weight excluding hydrogens is 857 g/mol. The first-order valence-corrected chi connectivity index (χ1v) is 22.5. The molecule has 2 aliphatic heterocycles. The number of likely N-dealkylation sites (tertiary alicyclic amines) is 1. The van der Waals surface area contributed by atoms with E-state index in [0.29, 0.717) is 55.9 Å². The lowest BCUT2D eigenvalue weighted by Crippen LogP contribution is -2.46. The second kappa shape index (κ2) is 26.3. The van der Waals surface area contributed by atoms with Crippen molar-refractivity contribution in [3.8, 4) is 0 Å². The van der Waals surface area contributed by atoms with Crippen LogP contribution in [0.5, 0.6) is 0 Å². The van der Waals surface area contributed by atoms with Crippen molar-refractivity contribution in [3.05, 3.63) is 131 Å². The molecule has 0 aliphatic carbocycles. The maximum absolute atomic E-state index is 12.8. The Morgan fingerprint density at radius 2 is 1.04 bits per heavy atom. The fourth-order valence-corrected chi connectivity index (χ4v) is 6.74. The summed E-state index contributed by atoms with van der Waals surface area (Å²) in [6, 6.07) is 32.2. The second-order valence-electron chi connectivity index (χ2n) is 18.4. The number of rotatable bonds is 11. The van der Waals surface area contributed by atoms with Gasteiger partial charge in [-0.15, -0.1) is 0 Å². The van der Waals surface area contributed by atoms with Crippen LogP contribution in [0, 0.1) is 5.41 Å². The van der Waals surface area contributed by atoms with Crippen LogP contribution < -0.4 is 26.6 Å². The SMILES string of the molecule is CC(C)(C)CC(=O)Nc1ccc(C(=O)O)cc1.CC(C)(C)OC(=O)Nc1ccc(C(=O)N2CCC(NC(=O)OCc3ccccc3)CC2)cc1.O=C(NC1CCNCC1)OCc1ccccc1. The van der Waals surface area contributed by atoms with Gasteiger partial charge < -0.3 is 45.5 Å². The van der Waals surface area contributed by atoms with Crippen molar-refractivity contribution in [3.63, 3.8) is 0 Å². The highest BCUT2D eigenvalue weighted by Crippen LogP contribution is 2.21. The number of aromatic carboxylic acids is 1. The smallest absolute Gasteiger partial charge is 0.412 e. The summed E-state index contributed by atoms with van der Waals surface area (Å²) in [5, 5.41) is 23.1. The Hall–Kier alpha value is -6.94. The number of alkyl carbamates (subject to hydrolysis) is 2. The number of amides is 5. The van der Waals surface area contributed by atoms with E-state index in [1.807, 2.05) is 81.4 Å². The number of carboxylic acid groups (broad SMARTS) is 1. The first kappa shape index (κ1) is 52.7. The zero-order valence-corrected chi connectivity index (χ0v) is 39.4. The molecule has 16 heteroatoms. The van der Waals surface area contributed by atoms with Gasteiger partial charge in [-0.05, 0) is 125 Å². The normalized spacial score (nSPS) is 14.0. The fraction of sp³-hybridized carbons (Fsp3) is 0.412. The van der Waals surface area contributed by atoms with Crippen LogP contribution in [0.4, 0.5) is 25.8 Å². The number of benzene rings is 4. The quantitative estimate of drug-likeness (QED) is 0.0781. The third-order valence-electron chi connectivity index (χ3n) is 10.1. The lowest BCUT2D eigenvalue weighted by molar-refractivity contribution is -0.117. The van der Waals surface area contributed by atoms with Gasteiger partial charge in [-0.2, -0.15) is 0 Å². The van der Waals surface area contributed by atoms with E-state index in [4.69, 9.17) is 19.3 Å². The molecule has 0 aromatic heterocycles. The lowest BCUT2D eigenvalue weighted by atomic mass is 9.92. The first-order chi connectivity index (χ1) is 31.8. The number of carboxylic acids is 1. The molecule has 0 radical (unpaired) electrons. The minimum atomic E-state index is -0.974. The van der Waals surface area contributed by atoms with Gasteiger partial charge in [-0.25, -0.2) is 19.2 Å².